The summed E-state index contributed by atoms with van der Waals surface area (Å²) in [7, 11) is 1.83. The second-order valence-electron chi connectivity index (χ2n) is 4.62. The lowest BCUT2D eigenvalue weighted by Gasteiger charge is -2.12. The van der Waals surface area contributed by atoms with Gasteiger partial charge in [0.25, 0.3) is 0 Å². The van der Waals surface area contributed by atoms with Crippen molar-refractivity contribution in [3.63, 3.8) is 0 Å². The molecule has 0 bridgehead atoms. The van der Waals surface area contributed by atoms with Crippen molar-refractivity contribution in [3.8, 4) is 0 Å². The second kappa shape index (κ2) is 5.95. The summed E-state index contributed by atoms with van der Waals surface area (Å²) < 4.78 is 1.72. The maximum atomic E-state index is 10.2. The molecule has 0 radical (unpaired) electrons. The Hall–Kier alpha value is -1.03. The van der Waals surface area contributed by atoms with Crippen LogP contribution >= 0.6 is 23.2 Å². The van der Waals surface area contributed by atoms with Crippen LogP contribution in [0.15, 0.2) is 24.3 Å². The molecule has 0 aliphatic carbocycles. The lowest BCUT2D eigenvalue weighted by atomic mass is 10.0. The number of hydrogen-bond acceptors (Lipinski definition) is 2. The molecule has 0 fully saturated rings. The van der Waals surface area contributed by atoms with E-state index in [1.165, 1.54) is 0 Å². The molecule has 1 heterocycles. The molecule has 0 spiro atoms. The van der Waals surface area contributed by atoms with Gasteiger partial charge in [0.2, 0.25) is 0 Å². The van der Waals surface area contributed by atoms with Gasteiger partial charge in [0, 0.05) is 24.9 Å². The molecule has 1 atom stereocenters. The van der Waals surface area contributed by atoms with Crippen LogP contribution in [0.4, 0.5) is 0 Å². The van der Waals surface area contributed by atoms with Gasteiger partial charge in [-0.15, -0.1) is 0 Å². The van der Waals surface area contributed by atoms with E-state index in [2.05, 4.69) is 5.10 Å². The van der Waals surface area contributed by atoms with Crippen LogP contribution in [0, 0.1) is 6.92 Å². The van der Waals surface area contributed by atoms with Crippen LogP contribution in [0.3, 0.4) is 0 Å². The summed E-state index contributed by atoms with van der Waals surface area (Å²) >= 11 is 12.3. The highest BCUT2D eigenvalue weighted by atomic mass is 35.5. The zero-order valence-electron chi connectivity index (χ0n) is 10.9. The number of aliphatic hydroxyl groups excluding tert-OH is 1. The molecule has 0 saturated carbocycles. The fraction of sp³-hybridized carbons (Fsp3) is 0.357. The normalized spacial score (nSPS) is 12.7. The van der Waals surface area contributed by atoms with Gasteiger partial charge in [-0.2, -0.15) is 5.10 Å². The molecule has 2 rings (SSSR count). The van der Waals surface area contributed by atoms with Crippen LogP contribution in [-0.2, 0) is 19.9 Å². The summed E-state index contributed by atoms with van der Waals surface area (Å²) in [4.78, 5) is 0. The van der Waals surface area contributed by atoms with Gasteiger partial charge in [-0.05, 0) is 18.6 Å². The lowest BCUT2D eigenvalue weighted by molar-refractivity contribution is 0.173. The van der Waals surface area contributed by atoms with Crippen molar-refractivity contribution in [1.29, 1.82) is 0 Å². The van der Waals surface area contributed by atoms with Crippen molar-refractivity contribution in [2.45, 2.75) is 25.9 Å². The summed E-state index contributed by atoms with van der Waals surface area (Å²) in [6.07, 6.45) is 0.425. The topological polar surface area (TPSA) is 38.0 Å². The fourth-order valence-corrected chi connectivity index (χ4v) is 2.57. The number of hydrogen-bond donors (Lipinski definition) is 1. The number of aliphatic hydroxyl groups is 1. The SMILES string of the molecule is Cc1nn(C)c(CC(O)Cc2ccccc2Cl)c1Cl. The molecule has 0 aliphatic rings. The van der Waals surface area contributed by atoms with Gasteiger partial charge in [-0.1, -0.05) is 41.4 Å². The van der Waals surface area contributed by atoms with Crippen molar-refractivity contribution < 1.29 is 5.11 Å². The Bertz CT molecular complexity index is 581. The van der Waals surface area contributed by atoms with Gasteiger partial charge in [-0.3, -0.25) is 4.68 Å². The van der Waals surface area contributed by atoms with E-state index in [4.69, 9.17) is 23.2 Å². The van der Waals surface area contributed by atoms with Gasteiger partial charge in [-0.25, -0.2) is 0 Å². The zero-order chi connectivity index (χ0) is 14.0. The molecule has 0 aliphatic heterocycles. The Morgan fingerprint density at radius 2 is 1.95 bits per heavy atom. The van der Waals surface area contributed by atoms with Gasteiger partial charge in [0.15, 0.2) is 0 Å². The molecule has 1 N–H and O–H groups in total. The first kappa shape index (κ1) is 14.4. The van der Waals surface area contributed by atoms with Crippen LogP contribution in [0.2, 0.25) is 10.0 Å². The minimum atomic E-state index is -0.535. The highest BCUT2D eigenvalue weighted by Gasteiger charge is 2.16. The maximum Gasteiger partial charge on any atom is 0.0847 e. The minimum Gasteiger partial charge on any atom is -0.392 e. The quantitative estimate of drug-likeness (QED) is 0.941. The Kier molecular flexibility index (Phi) is 4.50. The first-order valence-electron chi connectivity index (χ1n) is 6.08. The molecule has 2 aromatic rings. The summed E-state index contributed by atoms with van der Waals surface area (Å²) in [6, 6.07) is 7.53. The van der Waals surface area contributed by atoms with E-state index in [1.54, 1.807) is 4.68 Å². The molecule has 0 amide bonds. The average molecular weight is 299 g/mol. The third-order valence-corrected chi connectivity index (χ3v) is 3.96. The van der Waals surface area contributed by atoms with Gasteiger partial charge in [0.05, 0.1) is 22.5 Å². The van der Waals surface area contributed by atoms with E-state index >= 15 is 0 Å². The standard InChI is InChI=1S/C14H16Cl2N2O/c1-9-14(16)13(18(2)17-9)8-11(19)7-10-5-3-4-6-12(10)15/h3-6,11,19H,7-8H2,1-2H3. The number of halogens is 2. The molecular weight excluding hydrogens is 283 g/mol. The predicted molar refractivity (Wildman–Crippen MR) is 77.8 cm³/mol. The third kappa shape index (κ3) is 3.30. The van der Waals surface area contributed by atoms with E-state index in [1.807, 2.05) is 38.2 Å². The van der Waals surface area contributed by atoms with Gasteiger partial charge >= 0.3 is 0 Å². The van der Waals surface area contributed by atoms with E-state index in [-0.39, 0.29) is 0 Å². The molecule has 0 saturated heterocycles. The summed E-state index contributed by atoms with van der Waals surface area (Å²) in [5, 5.41) is 15.7. The van der Waals surface area contributed by atoms with Crippen LogP contribution in [0.25, 0.3) is 0 Å². The van der Waals surface area contributed by atoms with E-state index in [0.29, 0.717) is 22.9 Å². The fourth-order valence-electron chi connectivity index (χ4n) is 2.11. The van der Waals surface area contributed by atoms with Crippen molar-refractivity contribution in [3.05, 3.63) is 51.3 Å². The number of rotatable bonds is 4. The molecule has 102 valence electrons. The molecular formula is C14H16Cl2N2O. The van der Waals surface area contributed by atoms with Crippen molar-refractivity contribution in [2.75, 3.05) is 0 Å². The average Bonchev–Trinajstić information content (AvgIpc) is 2.59. The highest BCUT2D eigenvalue weighted by Crippen LogP contribution is 2.23. The van der Waals surface area contributed by atoms with Crippen molar-refractivity contribution in [1.82, 2.24) is 9.78 Å². The Balaban J connectivity index is 2.10. The van der Waals surface area contributed by atoms with Crippen LogP contribution in [-0.4, -0.2) is 21.0 Å². The number of nitrogens with zero attached hydrogens (tertiary/aromatic N) is 2. The van der Waals surface area contributed by atoms with Crippen LogP contribution in [0.5, 0.6) is 0 Å². The smallest absolute Gasteiger partial charge is 0.0847 e. The van der Waals surface area contributed by atoms with E-state index in [9.17, 15) is 5.11 Å². The van der Waals surface area contributed by atoms with Crippen LogP contribution < -0.4 is 0 Å². The molecule has 1 aromatic carbocycles. The van der Waals surface area contributed by atoms with Gasteiger partial charge in [0.1, 0.15) is 0 Å². The zero-order valence-corrected chi connectivity index (χ0v) is 12.4. The number of aromatic nitrogens is 2. The maximum absolute atomic E-state index is 10.2. The first-order chi connectivity index (χ1) is 8.99. The molecule has 1 unspecified atom stereocenters. The van der Waals surface area contributed by atoms with Crippen LogP contribution in [0.1, 0.15) is 17.0 Å². The molecule has 1 aromatic heterocycles. The Morgan fingerprint density at radius 3 is 2.53 bits per heavy atom. The number of aryl methyl sites for hydroxylation is 2. The predicted octanol–water partition coefficient (Wildman–Crippen LogP) is 3.18. The number of benzene rings is 1. The monoisotopic (exact) mass is 298 g/mol. The summed E-state index contributed by atoms with van der Waals surface area (Å²) in [6.45, 7) is 1.85. The highest BCUT2D eigenvalue weighted by molar-refractivity contribution is 6.32. The van der Waals surface area contributed by atoms with Crippen molar-refractivity contribution >= 4 is 23.2 Å². The largest absolute Gasteiger partial charge is 0.392 e. The van der Waals surface area contributed by atoms with E-state index in [0.717, 1.165) is 17.0 Å². The molecule has 5 heteroatoms. The molecule has 19 heavy (non-hydrogen) atoms. The van der Waals surface area contributed by atoms with E-state index < -0.39 is 6.10 Å². The molecule has 3 nitrogen and oxygen atoms in total. The van der Waals surface area contributed by atoms with Crippen molar-refractivity contribution in [2.24, 2.45) is 7.05 Å². The Labute approximate surface area is 122 Å². The summed E-state index contributed by atoms with van der Waals surface area (Å²) in [5.41, 5.74) is 2.56. The third-order valence-electron chi connectivity index (χ3n) is 3.10. The first-order valence-corrected chi connectivity index (χ1v) is 6.84. The minimum absolute atomic E-state index is 0.460. The van der Waals surface area contributed by atoms with Gasteiger partial charge < -0.3 is 5.11 Å². The Morgan fingerprint density at radius 1 is 1.26 bits per heavy atom. The summed E-state index contributed by atoms with van der Waals surface area (Å²) in [5.74, 6) is 0. The lowest BCUT2D eigenvalue weighted by Crippen LogP contribution is -2.16. The second-order valence-corrected chi connectivity index (χ2v) is 5.41.